The summed E-state index contributed by atoms with van der Waals surface area (Å²) in [5.74, 6) is 0.788. The molecule has 0 aliphatic carbocycles. The van der Waals surface area contributed by atoms with Crippen molar-refractivity contribution in [2.45, 2.75) is 59.9 Å². The molecular formula is C32H36N6O3S2. The average molecular weight is 617 g/mol. The van der Waals surface area contributed by atoms with Gasteiger partial charge in [0, 0.05) is 32.2 Å². The lowest BCUT2D eigenvalue weighted by Gasteiger charge is -2.36. The van der Waals surface area contributed by atoms with Crippen LogP contribution >= 0.6 is 24.0 Å². The quantitative estimate of drug-likeness (QED) is 0.264. The molecule has 1 unspecified atom stereocenters. The maximum atomic E-state index is 14.1. The lowest BCUT2D eigenvalue weighted by atomic mass is 9.98. The Morgan fingerprint density at radius 3 is 2.51 bits per heavy atom. The maximum Gasteiger partial charge on any atom is 0.296 e. The van der Waals surface area contributed by atoms with Gasteiger partial charge in [0.05, 0.1) is 16.3 Å². The van der Waals surface area contributed by atoms with Crippen LogP contribution in [-0.4, -0.2) is 37.2 Å². The van der Waals surface area contributed by atoms with E-state index in [4.69, 9.17) is 12.2 Å². The van der Waals surface area contributed by atoms with Crippen molar-refractivity contribution in [3.8, 4) is 11.8 Å². The average Bonchev–Trinajstić information content (AvgIpc) is 3.38. The summed E-state index contributed by atoms with van der Waals surface area (Å²) in [5.41, 5.74) is 2.15. The van der Waals surface area contributed by atoms with Gasteiger partial charge in [-0.05, 0) is 62.8 Å². The van der Waals surface area contributed by atoms with Crippen molar-refractivity contribution in [1.29, 1.82) is 5.26 Å². The van der Waals surface area contributed by atoms with E-state index in [9.17, 15) is 19.6 Å². The number of thioether (sulfide) groups is 1. The lowest BCUT2D eigenvalue weighted by Crippen LogP contribution is -2.40. The van der Waals surface area contributed by atoms with Crippen molar-refractivity contribution < 1.29 is 4.79 Å². The predicted octanol–water partition coefficient (Wildman–Crippen LogP) is 5.27. The van der Waals surface area contributed by atoms with Gasteiger partial charge in [0.25, 0.3) is 17.0 Å². The first kappa shape index (κ1) is 30.6. The number of hydrogen-bond acceptors (Lipinski definition) is 7. The zero-order valence-electron chi connectivity index (χ0n) is 25.2. The molecular weight excluding hydrogens is 581 g/mol. The number of rotatable bonds is 7. The van der Waals surface area contributed by atoms with Crippen molar-refractivity contribution >= 4 is 51.8 Å². The number of thiocarbonyl (C=S) groups is 1. The standard InChI is InChI=1S/C32H36N6O3S2/c1-6-7-16-36-28(35-15-11-12-20(2)19-35)24(21(3)25(18-33)29(36)39)17-26-30(40)37(32(42)43-26)27-22(4)34(5)38(31(27)41)23-13-9-8-10-14-23/h8-10,13-14,17,20H,6-7,11-12,15-16,19H2,1-5H3/b26-17+. The van der Waals surface area contributed by atoms with Crippen LogP contribution < -0.4 is 20.9 Å². The third-order valence-corrected chi connectivity index (χ3v) is 9.66. The molecule has 2 fully saturated rings. The van der Waals surface area contributed by atoms with Gasteiger partial charge in [-0.15, -0.1) is 0 Å². The number of carbonyl (C=O) groups is 1. The Morgan fingerprint density at radius 1 is 1.14 bits per heavy atom. The van der Waals surface area contributed by atoms with E-state index in [1.807, 2.05) is 30.3 Å². The number of nitrogens with zero attached hydrogens (tertiary/aromatic N) is 6. The molecule has 0 spiro atoms. The summed E-state index contributed by atoms with van der Waals surface area (Å²) >= 11 is 6.82. The van der Waals surface area contributed by atoms with Crippen LogP contribution in [0.25, 0.3) is 11.8 Å². The highest BCUT2D eigenvalue weighted by Crippen LogP contribution is 2.39. The van der Waals surface area contributed by atoms with Crippen molar-refractivity contribution in [3.05, 3.63) is 78.3 Å². The van der Waals surface area contributed by atoms with Crippen LogP contribution in [0.15, 0.2) is 44.8 Å². The maximum absolute atomic E-state index is 14.1. The van der Waals surface area contributed by atoms with Gasteiger partial charge >= 0.3 is 0 Å². The molecule has 9 nitrogen and oxygen atoms in total. The second-order valence-corrected chi connectivity index (χ2v) is 13.0. The van der Waals surface area contributed by atoms with E-state index < -0.39 is 5.91 Å². The summed E-state index contributed by atoms with van der Waals surface area (Å²) in [6.45, 7) is 9.87. The normalized spacial score (nSPS) is 18.1. The van der Waals surface area contributed by atoms with Crippen LogP contribution in [0, 0.1) is 31.1 Å². The van der Waals surface area contributed by atoms with Gasteiger partial charge in [-0.2, -0.15) is 5.26 Å². The highest BCUT2D eigenvalue weighted by Gasteiger charge is 2.38. The Morgan fingerprint density at radius 2 is 1.86 bits per heavy atom. The van der Waals surface area contributed by atoms with Gasteiger partial charge in [0.2, 0.25) is 0 Å². The fourth-order valence-electron chi connectivity index (χ4n) is 5.99. The number of para-hydroxylation sites is 1. The fourth-order valence-corrected chi connectivity index (χ4v) is 7.25. The summed E-state index contributed by atoms with van der Waals surface area (Å²) in [6.07, 6.45) is 5.54. The van der Waals surface area contributed by atoms with Crippen LogP contribution in [-0.2, 0) is 18.4 Å². The van der Waals surface area contributed by atoms with E-state index in [0.29, 0.717) is 39.9 Å². The molecule has 5 rings (SSSR count). The summed E-state index contributed by atoms with van der Waals surface area (Å²) in [5, 5.41) is 10.0. The number of hydrogen-bond donors (Lipinski definition) is 0. The Labute approximate surface area is 261 Å². The number of carbonyl (C=O) groups excluding carboxylic acids is 1. The van der Waals surface area contributed by atoms with E-state index in [-0.39, 0.29) is 26.7 Å². The van der Waals surface area contributed by atoms with Gasteiger partial charge in [0.15, 0.2) is 4.32 Å². The fraction of sp³-hybridized carbons (Fsp3) is 0.406. The molecule has 0 radical (unpaired) electrons. The molecule has 2 aliphatic rings. The third kappa shape index (κ3) is 5.38. The van der Waals surface area contributed by atoms with Crippen LogP contribution in [0.5, 0.6) is 0 Å². The van der Waals surface area contributed by atoms with Crippen molar-refractivity contribution in [1.82, 2.24) is 13.9 Å². The number of piperidine rings is 1. The number of anilines is 2. The first-order valence-corrected chi connectivity index (χ1v) is 15.9. The first-order chi connectivity index (χ1) is 20.6. The monoisotopic (exact) mass is 616 g/mol. The molecule has 11 heteroatoms. The molecule has 4 heterocycles. The minimum absolute atomic E-state index is 0.0799. The Kier molecular flexibility index (Phi) is 8.81. The molecule has 0 saturated carbocycles. The van der Waals surface area contributed by atoms with Crippen molar-refractivity contribution in [2.24, 2.45) is 13.0 Å². The predicted molar refractivity (Wildman–Crippen MR) is 177 cm³/mol. The van der Waals surface area contributed by atoms with Crippen LogP contribution in [0.3, 0.4) is 0 Å². The largest absolute Gasteiger partial charge is 0.357 e. The zero-order chi connectivity index (χ0) is 31.0. The number of pyridine rings is 1. The number of amides is 1. The smallest absolute Gasteiger partial charge is 0.296 e. The van der Waals surface area contributed by atoms with Crippen LogP contribution in [0.1, 0.15) is 61.9 Å². The molecule has 2 saturated heterocycles. The summed E-state index contributed by atoms with van der Waals surface area (Å²) in [6, 6.07) is 11.4. The van der Waals surface area contributed by atoms with Crippen LogP contribution in [0.4, 0.5) is 11.5 Å². The summed E-state index contributed by atoms with van der Waals surface area (Å²) in [4.78, 5) is 45.3. The van der Waals surface area contributed by atoms with Crippen LogP contribution in [0.2, 0.25) is 0 Å². The van der Waals surface area contributed by atoms with Gasteiger partial charge in [-0.3, -0.25) is 28.5 Å². The zero-order valence-corrected chi connectivity index (χ0v) is 26.8. The van der Waals surface area contributed by atoms with E-state index in [1.54, 1.807) is 36.2 Å². The van der Waals surface area contributed by atoms with E-state index >= 15 is 0 Å². The molecule has 224 valence electrons. The molecule has 43 heavy (non-hydrogen) atoms. The SMILES string of the molecule is CCCCn1c(N2CCCC(C)C2)c(/C=C2/SC(=S)N(c3c(C)n(C)n(-c4ccccc4)c3=O)C2=O)c(C)c(C#N)c1=O. The Balaban J connectivity index is 1.67. The molecule has 0 bridgehead atoms. The molecule has 1 atom stereocenters. The van der Waals surface area contributed by atoms with Gasteiger partial charge in [0.1, 0.15) is 23.1 Å². The third-order valence-electron chi connectivity index (χ3n) is 8.35. The number of aromatic nitrogens is 3. The topological polar surface area (TPSA) is 96.3 Å². The lowest BCUT2D eigenvalue weighted by molar-refractivity contribution is -0.113. The van der Waals surface area contributed by atoms with E-state index in [0.717, 1.165) is 56.4 Å². The molecule has 3 aromatic rings. The number of nitriles is 1. The molecule has 0 N–H and O–H groups in total. The first-order valence-electron chi connectivity index (χ1n) is 14.6. The molecule has 2 aromatic heterocycles. The number of benzene rings is 1. The van der Waals surface area contributed by atoms with Gasteiger partial charge in [-0.1, -0.05) is 62.4 Å². The molecule has 1 amide bonds. The molecule has 2 aliphatic heterocycles. The minimum Gasteiger partial charge on any atom is -0.357 e. The Bertz CT molecular complexity index is 1790. The highest BCUT2D eigenvalue weighted by atomic mass is 32.2. The van der Waals surface area contributed by atoms with E-state index in [1.165, 1.54) is 9.58 Å². The number of unbranched alkanes of at least 4 members (excludes halogenated alkanes) is 1. The van der Waals surface area contributed by atoms with E-state index in [2.05, 4.69) is 24.8 Å². The second kappa shape index (κ2) is 12.4. The summed E-state index contributed by atoms with van der Waals surface area (Å²) in [7, 11) is 1.78. The van der Waals surface area contributed by atoms with Gasteiger partial charge in [-0.25, -0.2) is 4.68 Å². The molecule has 1 aromatic carbocycles. The highest BCUT2D eigenvalue weighted by molar-refractivity contribution is 8.27. The Hall–Kier alpha value is -3.88. The summed E-state index contributed by atoms with van der Waals surface area (Å²) < 4.78 is 5.22. The van der Waals surface area contributed by atoms with Gasteiger partial charge < -0.3 is 4.90 Å². The minimum atomic E-state index is -0.400. The van der Waals surface area contributed by atoms with Crippen molar-refractivity contribution in [3.63, 3.8) is 0 Å². The second-order valence-electron chi connectivity index (χ2n) is 11.3. The van der Waals surface area contributed by atoms with Crippen molar-refractivity contribution in [2.75, 3.05) is 22.9 Å².